The Balaban J connectivity index is 2.10. The second-order valence-corrected chi connectivity index (χ2v) is 5.35. The van der Waals surface area contributed by atoms with E-state index in [4.69, 9.17) is 11.6 Å². The third-order valence-electron chi connectivity index (χ3n) is 3.18. The van der Waals surface area contributed by atoms with Gasteiger partial charge in [0, 0.05) is 24.9 Å². The summed E-state index contributed by atoms with van der Waals surface area (Å²) in [6, 6.07) is 0.261. The lowest BCUT2D eigenvalue weighted by Crippen LogP contribution is -2.43. The van der Waals surface area contributed by atoms with Crippen LogP contribution < -0.4 is 5.32 Å². The molecule has 1 aliphatic rings. The number of likely N-dealkylation sites (tertiary alicyclic amines) is 1. The van der Waals surface area contributed by atoms with Crippen molar-refractivity contribution < 1.29 is 4.79 Å². The lowest BCUT2D eigenvalue weighted by Gasteiger charge is -2.29. The van der Waals surface area contributed by atoms with Gasteiger partial charge < -0.3 is 10.2 Å². The minimum Gasteiger partial charge on any atom is -0.352 e. The molecule has 100 valence electrons. The summed E-state index contributed by atoms with van der Waals surface area (Å²) < 4.78 is 0. The Bertz CT molecular complexity index is 217. The van der Waals surface area contributed by atoms with Crippen molar-refractivity contribution in [2.45, 2.75) is 51.5 Å². The van der Waals surface area contributed by atoms with E-state index < -0.39 is 0 Å². The Labute approximate surface area is 110 Å². The molecule has 1 rings (SSSR count). The zero-order valence-corrected chi connectivity index (χ0v) is 11.6. The van der Waals surface area contributed by atoms with E-state index in [0.717, 1.165) is 19.4 Å². The van der Waals surface area contributed by atoms with Crippen LogP contribution in [0.5, 0.6) is 0 Å². The van der Waals surface area contributed by atoms with E-state index >= 15 is 0 Å². The van der Waals surface area contributed by atoms with Crippen LogP contribution in [0.25, 0.3) is 0 Å². The fraction of sp³-hybridized carbons (Fsp3) is 0.923. The van der Waals surface area contributed by atoms with Gasteiger partial charge in [-0.1, -0.05) is 6.42 Å². The molecule has 1 unspecified atom stereocenters. The number of amides is 1. The fourth-order valence-electron chi connectivity index (χ4n) is 2.30. The molecular formula is C13H25ClN2O. The summed E-state index contributed by atoms with van der Waals surface area (Å²) in [5.74, 6) is 0.816. The second-order valence-electron chi connectivity index (χ2n) is 4.98. The number of unbranched alkanes of at least 4 members (excludes halogenated alkanes) is 1. The fourth-order valence-corrected chi connectivity index (χ4v) is 2.49. The molecule has 1 N–H and O–H groups in total. The average molecular weight is 261 g/mol. The molecule has 0 aliphatic carbocycles. The predicted octanol–water partition coefficient (Wildman–Crippen LogP) is 2.39. The van der Waals surface area contributed by atoms with Gasteiger partial charge in [-0.05, 0) is 45.7 Å². The minimum atomic E-state index is 0.166. The predicted molar refractivity (Wildman–Crippen MR) is 72.5 cm³/mol. The van der Waals surface area contributed by atoms with E-state index in [1.807, 2.05) is 0 Å². The van der Waals surface area contributed by atoms with Crippen LogP contribution in [0.1, 0.15) is 45.4 Å². The topological polar surface area (TPSA) is 32.3 Å². The first-order valence-electron chi connectivity index (χ1n) is 6.80. The summed E-state index contributed by atoms with van der Waals surface area (Å²) in [5.41, 5.74) is 0. The van der Waals surface area contributed by atoms with Gasteiger partial charge in [-0.3, -0.25) is 4.79 Å². The highest BCUT2D eigenvalue weighted by Crippen LogP contribution is 2.08. The molecule has 0 saturated carbocycles. The number of hydrogen-bond donors (Lipinski definition) is 1. The highest BCUT2D eigenvalue weighted by atomic mass is 35.5. The van der Waals surface area contributed by atoms with Crippen LogP contribution >= 0.6 is 11.6 Å². The van der Waals surface area contributed by atoms with Crippen molar-refractivity contribution in [3.05, 3.63) is 0 Å². The Morgan fingerprint density at radius 2 is 2.00 bits per heavy atom. The van der Waals surface area contributed by atoms with Gasteiger partial charge in [0.2, 0.25) is 5.91 Å². The summed E-state index contributed by atoms with van der Waals surface area (Å²) in [4.78, 5) is 14.0. The van der Waals surface area contributed by atoms with Crippen molar-refractivity contribution in [3.63, 3.8) is 0 Å². The number of carbonyl (C=O) groups is 1. The maximum Gasteiger partial charge on any atom is 0.220 e. The highest BCUT2D eigenvalue weighted by molar-refractivity contribution is 6.17. The van der Waals surface area contributed by atoms with Crippen LogP contribution in [0.3, 0.4) is 0 Å². The highest BCUT2D eigenvalue weighted by Gasteiger charge is 2.14. The van der Waals surface area contributed by atoms with Crippen LogP contribution in [0.2, 0.25) is 0 Å². The molecule has 17 heavy (non-hydrogen) atoms. The molecule has 0 spiro atoms. The van der Waals surface area contributed by atoms with Crippen LogP contribution in [-0.4, -0.2) is 42.4 Å². The third-order valence-corrected chi connectivity index (χ3v) is 3.44. The van der Waals surface area contributed by atoms with Crippen LogP contribution in [0.15, 0.2) is 0 Å². The van der Waals surface area contributed by atoms with E-state index in [9.17, 15) is 4.79 Å². The number of halogens is 1. The van der Waals surface area contributed by atoms with Crippen molar-refractivity contribution in [1.29, 1.82) is 0 Å². The smallest absolute Gasteiger partial charge is 0.220 e. The Kier molecular flexibility index (Phi) is 7.62. The number of carbonyl (C=O) groups excluding carboxylic acids is 1. The van der Waals surface area contributed by atoms with Gasteiger partial charge in [0.15, 0.2) is 0 Å². The summed E-state index contributed by atoms with van der Waals surface area (Å²) in [6.07, 6.45) is 6.39. The molecule has 0 radical (unpaired) electrons. The lowest BCUT2D eigenvalue weighted by atomic mass is 10.1. The molecule has 1 heterocycles. The standard InChI is InChI=1S/C13H25ClN2O/c1-12(11-16-9-5-2-6-10-16)15-13(17)7-3-4-8-14/h12H,2-11H2,1H3,(H,15,17). The summed E-state index contributed by atoms with van der Waals surface area (Å²) in [7, 11) is 0. The van der Waals surface area contributed by atoms with Gasteiger partial charge in [0.1, 0.15) is 0 Å². The first kappa shape index (κ1) is 14.8. The van der Waals surface area contributed by atoms with E-state index in [2.05, 4.69) is 17.1 Å². The SMILES string of the molecule is CC(CN1CCCCC1)NC(=O)CCCCCl. The minimum absolute atomic E-state index is 0.166. The van der Waals surface area contributed by atoms with Crippen LogP contribution in [-0.2, 0) is 4.79 Å². The molecule has 1 amide bonds. The second kappa shape index (κ2) is 8.76. The van der Waals surface area contributed by atoms with E-state index in [-0.39, 0.29) is 11.9 Å². The van der Waals surface area contributed by atoms with Crippen molar-refractivity contribution >= 4 is 17.5 Å². The summed E-state index contributed by atoms with van der Waals surface area (Å²) >= 11 is 5.58. The van der Waals surface area contributed by atoms with Gasteiger partial charge >= 0.3 is 0 Å². The molecule has 3 nitrogen and oxygen atoms in total. The Morgan fingerprint density at radius 1 is 1.29 bits per heavy atom. The van der Waals surface area contributed by atoms with E-state index in [0.29, 0.717) is 12.3 Å². The molecule has 1 saturated heterocycles. The third kappa shape index (κ3) is 6.89. The normalized spacial score (nSPS) is 18.9. The van der Waals surface area contributed by atoms with Crippen molar-refractivity contribution in [1.82, 2.24) is 10.2 Å². The first-order chi connectivity index (χ1) is 8.22. The summed E-state index contributed by atoms with van der Waals surface area (Å²) in [5, 5.41) is 3.06. The van der Waals surface area contributed by atoms with E-state index in [1.54, 1.807) is 0 Å². The number of hydrogen-bond acceptors (Lipinski definition) is 2. The Hall–Kier alpha value is -0.280. The van der Waals surface area contributed by atoms with Gasteiger partial charge in [-0.15, -0.1) is 11.6 Å². The molecule has 4 heteroatoms. The number of nitrogens with zero attached hydrogens (tertiary/aromatic N) is 1. The average Bonchev–Trinajstić information content (AvgIpc) is 2.30. The molecule has 1 atom stereocenters. The van der Waals surface area contributed by atoms with E-state index in [1.165, 1.54) is 32.4 Å². The zero-order valence-electron chi connectivity index (χ0n) is 10.9. The van der Waals surface area contributed by atoms with Crippen LogP contribution in [0.4, 0.5) is 0 Å². The maximum atomic E-state index is 11.6. The molecule has 0 aromatic carbocycles. The quantitative estimate of drug-likeness (QED) is 0.563. The van der Waals surface area contributed by atoms with Crippen molar-refractivity contribution in [3.8, 4) is 0 Å². The number of alkyl halides is 1. The largest absolute Gasteiger partial charge is 0.352 e. The molecule has 0 bridgehead atoms. The van der Waals surface area contributed by atoms with Crippen molar-refractivity contribution in [2.75, 3.05) is 25.5 Å². The van der Waals surface area contributed by atoms with Gasteiger partial charge in [-0.25, -0.2) is 0 Å². The Morgan fingerprint density at radius 3 is 2.65 bits per heavy atom. The number of rotatable bonds is 7. The first-order valence-corrected chi connectivity index (χ1v) is 7.33. The number of nitrogens with one attached hydrogen (secondary N) is 1. The molecule has 0 aromatic rings. The van der Waals surface area contributed by atoms with Crippen LogP contribution in [0, 0.1) is 0 Å². The van der Waals surface area contributed by atoms with Gasteiger partial charge in [-0.2, -0.15) is 0 Å². The molecular weight excluding hydrogens is 236 g/mol. The zero-order chi connectivity index (χ0) is 12.5. The molecule has 0 aromatic heterocycles. The molecule has 1 aliphatic heterocycles. The summed E-state index contributed by atoms with van der Waals surface area (Å²) in [6.45, 7) is 5.45. The van der Waals surface area contributed by atoms with Crippen molar-refractivity contribution in [2.24, 2.45) is 0 Å². The monoisotopic (exact) mass is 260 g/mol. The lowest BCUT2D eigenvalue weighted by molar-refractivity contribution is -0.121. The number of piperidine rings is 1. The molecule has 1 fully saturated rings. The maximum absolute atomic E-state index is 11.6. The van der Waals surface area contributed by atoms with Gasteiger partial charge in [0.25, 0.3) is 0 Å². The van der Waals surface area contributed by atoms with Gasteiger partial charge in [0.05, 0.1) is 0 Å².